The molecule has 1 saturated carbocycles. The number of hydrogen-bond acceptors (Lipinski definition) is 3. The second kappa shape index (κ2) is 7.25. The Morgan fingerprint density at radius 2 is 1.95 bits per heavy atom. The Bertz CT molecular complexity index is 283. The maximum absolute atomic E-state index is 11.8. The van der Waals surface area contributed by atoms with Gasteiger partial charge in [0.2, 0.25) is 5.91 Å². The molecule has 0 aromatic carbocycles. The number of carbonyl (C=O) groups is 1. The van der Waals surface area contributed by atoms with Gasteiger partial charge in [-0.2, -0.15) is 0 Å². The van der Waals surface area contributed by atoms with Crippen LogP contribution < -0.4 is 10.6 Å². The summed E-state index contributed by atoms with van der Waals surface area (Å²) < 4.78 is 0. The lowest BCUT2D eigenvalue weighted by atomic mass is 10.0. The van der Waals surface area contributed by atoms with Crippen molar-refractivity contribution >= 4 is 5.91 Å². The maximum Gasteiger partial charge on any atom is 0.234 e. The first-order chi connectivity index (χ1) is 9.16. The monoisotopic (exact) mass is 267 g/mol. The average molecular weight is 267 g/mol. The van der Waals surface area contributed by atoms with Crippen LogP contribution in [0.1, 0.15) is 39.5 Å². The first kappa shape index (κ1) is 14.8. The first-order valence-electron chi connectivity index (χ1n) is 7.88. The molecule has 2 N–H and O–H groups in total. The summed E-state index contributed by atoms with van der Waals surface area (Å²) >= 11 is 0. The minimum Gasteiger partial charge on any atom is -0.353 e. The average Bonchev–Trinajstić information content (AvgIpc) is 3.03. The Labute approximate surface area is 117 Å². The second-order valence-corrected chi connectivity index (χ2v) is 6.43. The van der Waals surface area contributed by atoms with Crippen LogP contribution in [0.5, 0.6) is 0 Å². The van der Waals surface area contributed by atoms with Gasteiger partial charge in [-0.15, -0.1) is 0 Å². The summed E-state index contributed by atoms with van der Waals surface area (Å²) in [7, 11) is 0. The molecule has 1 aliphatic carbocycles. The van der Waals surface area contributed by atoms with Gasteiger partial charge in [0.05, 0.1) is 6.54 Å². The lowest BCUT2D eigenvalue weighted by Crippen LogP contribution is -2.47. The summed E-state index contributed by atoms with van der Waals surface area (Å²) in [4.78, 5) is 14.3. The molecular formula is C15H29N3O. The summed E-state index contributed by atoms with van der Waals surface area (Å²) in [6.45, 7) is 9.16. The summed E-state index contributed by atoms with van der Waals surface area (Å²) in [5.41, 5.74) is 0. The van der Waals surface area contributed by atoms with Crippen LogP contribution in [0.25, 0.3) is 0 Å². The van der Waals surface area contributed by atoms with Gasteiger partial charge in [0.1, 0.15) is 0 Å². The van der Waals surface area contributed by atoms with E-state index < -0.39 is 0 Å². The molecule has 2 rings (SSSR count). The van der Waals surface area contributed by atoms with Crippen molar-refractivity contribution in [3.05, 3.63) is 0 Å². The molecule has 1 atom stereocenters. The largest absolute Gasteiger partial charge is 0.353 e. The van der Waals surface area contributed by atoms with Crippen LogP contribution in [-0.2, 0) is 4.79 Å². The minimum absolute atomic E-state index is 0.144. The summed E-state index contributed by atoms with van der Waals surface area (Å²) in [5.74, 6) is 1.57. The molecule has 1 amide bonds. The van der Waals surface area contributed by atoms with E-state index in [1.807, 2.05) is 0 Å². The quantitative estimate of drug-likeness (QED) is 0.695. The third-order valence-electron chi connectivity index (χ3n) is 4.30. The van der Waals surface area contributed by atoms with E-state index >= 15 is 0 Å². The molecule has 4 nitrogen and oxygen atoms in total. The van der Waals surface area contributed by atoms with Gasteiger partial charge in [-0.3, -0.25) is 9.69 Å². The van der Waals surface area contributed by atoms with Crippen LogP contribution in [0.4, 0.5) is 0 Å². The number of amides is 1. The minimum atomic E-state index is 0.144. The number of carbonyl (C=O) groups excluding carboxylic acids is 1. The normalized spacial score (nSPS) is 21.8. The van der Waals surface area contributed by atoms with Crippen LogP contribution >= 0.6 is 0 Å². The molecule has 1 aliphatic heterocycles. The zero-order valence-electron chi connectivity index (χ0n) is 12.5. The highest BCUT2D eigenvalue weighted by atomic mass is 16.1. The van der Waals surface area contributed by atoms with Crippen LogP contribution in [0.3, 0.4) is 0 Å². The van der Waals surface area contributed by atoms with Crippen molar-refractivity contribution in [1.29, 1.82) is 0 Å². The lowest BCUT2D eigenvalue weighted by molar-refractivity contribution is -0.120. The zero-order valence-corrected chi connectivity index (χ0v) is 12.5. The summed E-state index contributed by atoms with van der Waals surface area (Å²) in [6, 6.07) is 0.495. The Balaban J connectivity index is 1.63. The third-order valence-corrected chi connectivity index (χ3v) is 4.30. The van der Waals surface area contributed by atoms with Gasteiger partial charge >= 0.3 is 0 Å². The van der Waals surface area contributed by atoms with Gasteiger partial charge in [0.25, 0.3) is 0 Å². The van der Waals surface area contributed by atoms with Crippen molar-refractivity contribution in [1.82, 2.24) is 15.5 Å². The van der Waals surface area contributed by atoms with E-state index in [2.05, 4.69) is 29.4 Å². The van der Waals surface area contributed by atoms with E-state index in [1.54, 1.807) is 0 Å². The number of nitrogens with zero attached hydrogens (tertiary/aromatic N) is 1. The van der Waals surface area contributed by atoms with Gasteiger partial charge in [0.15, 0.2) is 0 Å². The van der Waals surface area contributed by atoms with Crippen molar-refractivity contribution in [2.75, 3.05) is 32.7 Å². The van der Waals surface area contributed by atoms with Gasteiger partial charge in [-0.05, 0) is 57.2 Å². The summed E-state index contributed by atoms with van der Waals surface area (Å²) in [6.07, 6.45) is 5.28. The van der Waals surface area contributed by atoms with Crippen LogP contribution in [0, 0.1) is 11.8 Å². The Hall–Kier alpha value is -0.610. The zero-order chi connectivity index (χ0) is 13.7. The second-order valence-electron chi connectivity index (χ2n) is 6.43. The molecule has 4 heteroatoms. The number of hydrogen-bond donors (Lipinski definition) is 2. The standard InChI is InChI=1S/C15H29N3O/c1-12(2)14(18-7-3-4-8-18)10-17-15(19)11-16-9-13-5-6-13/h12-14,16H,3-11H2,1-2H3,(H,17,19). The molecule has 2 fully saturated rings. The topological polar surface area (TPSA) is 44.4 Å². The van der Waals surface area contributed by atoms with Crippen LogP contribution in [0.15, 0.2) is 0 Å². The van der Waals surface area contributed by atoms with E-state index in [-0.39, 0.29) is 5.91 Å². The molecule has 1 unspecified atom stereocenters. The fourth-order valence-electron chi connectivity index (χ4n) is 2.85. The van der Waals surface area contributed by atoms with Gasteiger partial charge < -0.3 is 10.6 Å². The van der Waals surface area contributed by atoms with Crippen LogP contribution in [-0.4, -0.2) is 49.6 Å². The Kier molecular flexibility index (Phi) is 5.64. The van der Waals surface area contributed by atoms with E-state index in [0.29, 0.717) is 18.5 Å². The predicted octanol–water partition coefficient (Wildman–Crippen LogP) is 1.22. The highest BCUT2D eigenvalue weighted by molar-refractivity contribution is 5.78. The van der Waals surface area contributed by atoms with E-state index in [0.717, 1.165) is 19.0 Å². The number of likely N-dealkylation sites (tertiary alicyclic amines) is 1. The fourth-order valence-corrected chi connectivity index (χ4v) is 2.85. The molecule has 0 bridgehead atoms. The molecule has 110 valence electrons. The van der Waals surface area contributed by atoms with Crippen molar-refractivity contribution < 1.29 is 4.79 Å². The predicted molar refractivity (Wildman–Crippen MR) is 78.0 cm³/mol. The van der Waals surface area contributed by atoms with Crippen LogP contribution in [0.2, 0.25) is 0 Å². The fraction of sp³-hybridized carbons (Fsp3) is 0.933. The van der Waals surface area contributed by atoms with Gasteiger partial charge in [-0.1, -0.05) is 13.8 Å². The molecule has 1 saturated heterocycles. The molecule has 0 aromatic heterocycles. The molecular weight excluding hydrogens is 238 g/mol. The van der Waals surface area contributed by atoms with Crippen molar-refractivity contribution in [2.45, 2.75) is 45.6 Å². The van der Waals surface area contributed by atoms with E-state index in [4.69, 9.17) is 0 Å². The Morgan fingerprint density at radius 1 is 1.26 bits per heavy atom. The summed E-state index contributed by atoms with van der Waals surface area (Å²) in [5, 5.41) is 6.34. The van der Waals surface area contributed by atoms with Crippen molar-refractivity contribution in [2.24, 2.45) is 11.8 Å². The number of nitrogens with one attached hydrogen (secondary N) is 2. The van der Waals surface area contributed by atoms with Crippen molar-refractivity contribution in [3.8, 4) is 0 Å². The molecule has 19 heavy (non-hydrogen) atoms. The lowest BCUT2D eigenvalue weighted by Gasteiger charge is -2.31. The molecule has 0 aromatic rings. The van der Waals surface area contributed by atoms with Gasteiger partial charge in [-0.25, -0.2) is 0 Å². The van der Waals surface area contributed by atoms with Crippen molar-refractivity contribution in [3.63, 3.8) is 0 Å². The molecule has 1 heterocycles. The van der Waals surface area contributed by atoms with Gasteiger partial charge in [0, 0.05) is 12.6 Å². The SMILES string of the molecule is CC(C)C(CNC(=O)CNCC1CC1)N1CCCC1. The highest BCUT2D eigenvalue weighted by Crippen LogP contribution is 2.27. The highest BCUT2D eigenvalue weighted by Gasteiger charge is 2.25. The Morgan fingerprint density at radius 3 is 2.53 bits per heavy atom. The molecule has 2 aliphatic rings. The van der Waals surface area contributed by atoms with E-state index in [9.17, 15) is 4.79 Å². The third kappa shape index (κ3) is 5.11. The maximum atomic E-state index is 11.8. The first-order valence-corrected chi connectivity index (χ1v) is 7.88. The smallest absolute Gasteiger partial charge is 0.234 e. The number of rotatable bonds is 8. The van der Waals surface area contributed by atoms with E-state index in [1.165, 1.54) is 38.8 Å². The molecule has 0 radical (unpaired) electrons. The molecule has 0 spiro atoms.